The Labute approximate surface area is 226 Å². The van der Waals surface area contributed by atoms with Crippen molar-refractivity contribution in [2.24, 2.45) is 0 Å². The van der Waals surface area contributed by atoms with Gasteiger partial charge in [0, 0.05) is 17.2 Å². The minimum atomic E-state index is -4.11. The lowest BCUT2D eigenvalue weighted by Crippen LogP contribution is -2.30. The van der Waals surface area contributed by atoms with Gasteiger partial charge in [-0.05, 0) is 66.6 Å². The monoisotopic (exact) mass is 594 g/mol. The van der Waals surface area contributed by atoms with Crippen molar-refractivity contribution in [3.63, 3.8) is 0 Å². The third-order valence-corrected chi connectivity index (χ3v) is 8.58. The van der Waals surface area contributed by atoms with Crippen LogP contribution in [0.25, 0.3) is 16.7 Å². The maximum absolute atomic E-state index is 13.7. The number of pyridine rings is 2. The highest BCUT2D eigenvalue weighted by molar-refractivity contribution is 9.10. The SMILES string of the molecule is COc1ccc(CCn2c(=N)c(S(=O)(=O)c3ccc(Br)cc3)cc3c(=O)n4ccccc4nc32)cc1OC. The second-order valence-electron chi connectivity index (χ2n) is 8.49. The molecule has 0 bridgehead atoms. The molecule has 3 aromatic heterocycles. The zero-order valence-corrected chi connectivity index (χ0v) is 22.9. The number of benzene rings is 2. The van der Waals surface area contributed by atoms with E-state index >= 15 is 0 Å². The molecule has 0 radical (unpaired) electrons. The van der Waals surface area contributed by atoms with Crippen molar-refractivity contribution in [1.29, 1.82) is 5.41 Å². The molecule has 0 aliphatic heterocycles. The molecule has 38 heavy (non-hydrogen) atoms. The topological polar surface area (TPSA) is 116 Å². The van der Waals surface area contributed by atoms with Gasteiger partial charge < -0.3 is 14.0 Å². The van der Waals surface area contributed by atoms with Gasteiger partial charge in [0.15, 0.2) is 11.5 Å². The molecule has 0 aliphatic rings. The number of aromatic nitrogens is 3. The Morgan fingerprint density at radius 1 is 0.974 bits per heavy atom. The van der Waals surface area contributed by atoms with Crippen molar-refractivity contribution in [1.82, 2.24) is 14.0 Å². The van der Waals surface area contributed by atoms with E-state index in [1.54, 1.807) is 56.8 Å². The number of nitrogens with one attached hydrogen (secondary N) is 1. The van der Waals surface area contributed by atoms with E-state index < -0.39 is 15.4 Å². The lowest BCUT2D eigenvalue weighted by molar-refractivity contribution is 0.354. The van der Waals surface area contributed by atoms with E-state index in [9.17, 15) is 13.2 Å². The Hall–Kier alpha value is -3.96. The number of hydrogen-bond acceptors (Lipinski definition) is 7. The molecule has 1 N–H and O–H groups in total. The maximum Gasteiger partial charge on any atom is 0.267 e. The lowest BCUT2D eigenvalue weighted by Gasteiger charge is -2.16. The van der Waals surface area contributed by atoms with Crippen LogP contribution in [0.3, 0.4) is 0 Å². The van der Waals surface area contributed by atoms with Crippen LogP contribution in [0.1, 0.15) is 5.56 Å². The number of fused-ring (bicyclic) bond motifs is 2. The van der Waals surface area contributed by atoms with Crippen LogP contribution in [0.4, 0.5) is 0 Å². The molecule has 11 heteroatoms. The van der Waals surface area contributed by atoms with Gasteiger partial charge in [0.2, 0.25) is 9.84 Å². The summed E-state index contributed by atoms with van der Waals surface area (Å²) in [5.41, 5.74) is 0.835. The van der Waals surface area contributed by atoms with Gasteiger partial charge >= 0.3 is 0 Å². The van der Waals surface area contributed by atoms with Gasteiger partial charge in [0.1, 0.15) is 21.7 Å². The van der Waals surface area contributed by atoms with Crippen LogP contribution in [0, 0.1) is 5.41 Å². The standard InChI is InChI=1S/C27H23BrN4O5S/c1-36-21-11-6-17(15-22(21)37-2)12-14-32-25(29)23(38(34,35)19-9-7-18(28)8-10-19)16-20-26(32)30-24-5-3-4-13-31(24)27(20)33/h3-11,13,15-16,29H,12,14H2,1-2H3. The first-order valence-electron chi connectivity index (χ1n) is 11.6. The fourth-order valence-electron chi connectivity index (χ4n) is 4.30. The average Bonchev–Trinajstić information content (AvgIpc) is 2.92. The van der Waals surface area contributed by atoms with Crippen molar-refractivity contribution < 1.29 is 17.9 Å². The third kappa shape index (κ3) is 4.48. The van der Waals surface area contributed by atoms with E-state index in [2.05, 4.69) is 20.9 Å². The molecule has 0 spiro atoms. The van der Waals surface area contributed by atoms with Gasteiger partial charge in [-0.25, -0.2) is 13.4 Å². The highest BCUT2D eigenvalue weighted by Gasteiger charge is 2.24. The second-order valence-corrected chi connectivity index (χ2v) is 11.3. The molecule has 0 saturated heterocycles. The molecular formula is C27H23BrN4O5S. The van der Waals surface area contributed by atoms with Crippen LogP contribution >= 0.6 is 15.9 Å². The van der Waals surface area contributed by atoms with E-state index in [1.165, 1.54) is 27.2 Å². The Bertz CT molecular complexity index is 1920. The maximum atomic E-state index is 13.7. The van der Waals surface area contributed by atoms with Crippen LogP contribution < -0.4 is 20.5 Å². The van der Waals surface area contributed by atoms with Gasteiger partial charge in [-0.1, -0.05) is 28.1 Å². The number of aryl methyl sites for hydroxylation is 2. The first-order chi connectivity index (χ1) is 18.2. The minimum absolute atomic E-state index is 0.0221. The first kappa shape index (κ1) is 25.7. The van der Waals surface area contributed by atoms with Crippen LogP contribution in [0.2, 0.25) is 0 Å². The summed E-state index contributed by atoms with van der Waals surface area (Å²) in [6.45, 7) is 0.198. The quantitative estimate of drug-likeness (QED) is 0.285. The summed E-state index contributed by atoms with van der Waals surface area (Å²) >= 11 is 3.32. The van der Waals surface area contributed by atoms with Crippen LogP contribution in [0.5, 0.6) is 11.5 Å². The van der Waals surface area contributed by atoms with E-state index in [-0.39, 0.29) is 32.9 Å². The average molecular weight is 595 g/mol. The Balaban J connectivity index is 1.73. The number of methoxy groups -OCH3 is 2. The molecule has 9 nitrogen and oxygen atoms in total. The molecule has 0 aliphatic carbocycles. The summed E-state index contributed by atoms with van der Waals surface area (Å²) < 4.78 is 41.6. The highest BCUT2D eigenvalue weighted by atomic mass is 79.9. The third-order valence-electron chi connectivity index (χ3n) is 6.27. The zero-order chi connectivity index (χ0) is 27.0. The molecule has 5 aromatic rings. The van der Waals surface area contributed by atoms with Crippen molar-refractivity contribution in [2.45, 2.75) is 22.8 Å². The number of rotatable bonds is 7. The second kappa shape index (κ2) is 10.1. The van der Waals surface area contributed by atoms with Crippen molar-refractivity contribution in [3.05, 3.63) is 98.8 Å². The molecule has 0 fully saturated rings. The Kier molecular flexibility index (Phi) is 6.80. The van der Waals surface area contributed by atoms with Gasteiger partial charge in [-0.15, -0.1) is 0 Å². The van der Waals surface area contributed by atoms with Crippen LogP contribution in [-0.2, 0) is 22.8 Å². The molecule has 3 heterocycles. The van der Waals surface area contributed by atoms with E-state index in [4.69, 9.17) is 14.9 Å². The van der Waals surface area contributed by atoms with E-state index in [0.29, 0.717) is 23.6 Å². The summed E-state index contributed by atoms with van der Waals surface area (Å²) in [5, 5.41) is 9.05. The molecule has 0 unspecified atom stereocenters. The molecule has 0 saturated carbocycles. The summed E-state index contributed by atoms with van der Waals surface area (Å²) in [4.78, 5) is 17.9. The number of halogens is 1. The summed E-state index contributed by atoms with van der Waals surface area (Å²) in [5.74, 6) is 1.14. The van der Waals surface area contributed by atoms with Crippen molar-refractivity contribution in [3.8, 4) is 11.5 Å². The summed E-state index contributed by atoms with van der Waals surface area (Å²) in [6.07, 6.45) is 2.00. The zero-order valence-electron chi connectivity index (χ0n) is 20.5. The molecule has 2 aromatic carbocycles. The highest BCUT2D eigenvalue weighted by Crippen LogP contribution is 2.28. The van der Waals surface area contributed by atoms with Crippen LogP contribution in [0.15, 0.2) is 92.0 Å². The normalized spacial score (nSPS) is 11.7. The number of hydrogen-bond donors (Lipinski definition) is 1. The van der Waals surface area contributed by atoms with Crippen molar-refractivity contribution >= 4 is 42.4 Å². The first-order valence-corrected chi connectivity index (χ1v) is 13.8. The fourth-order valence-corrected chi connectivity index (χ4v) is 5.95. The van der Waals surface area contributed by atoms with Gasteiger partial charge in [-0.3, -0.25) is 14.6 Å². The van der Waals surface area contributed by atoms with Gasteiger partial charge in [-0.2, -0.15) is 0 Å². The molecule has 194 valence electrons. The fraction of sp³-hybridized carbons (Fsp3) is 0.148. The van der Waals surface area contributed by atoms with Crippen LogP contribution in [-0.4, -0.2) is 36.6 Å². The lowest BCUT2D eigenvalue weighted by atomic mass is 10.1. The van der Waals surface area contributed by atoms with E-state index in [1.807, 2.05) is 12.1 Å². The summed E-state index contributed by atoms with van der Waals surface area (Å²) in [7, 11) is -1.01. The number of nitrogens with zero attached hydrogens (tertiary/aromatic N) is 3. The number of sulfone groups is 1. The Morgan fingerprint density at radius 3 is 2.42 bits per heavy atom. The molecular weight excluding hydrogens is 572 g/mol. The van der Waals surface area contributed by atoms with Gasteiger partial charge in [0.05, 0.1) is 24.5 Å². The van der Waals surface area contributed by atoms with Crippen molar-refractivity contribution in [2.75, 3.05) is 14.2 Å². The Morgan fingerprint density at radius 2 is 1.71 bits per heavy atom. The minimum Gasteiger partial charge on any atom is -0.493 e. The van der Waals surface area contributed by atoms with Gasteiger partial charge in [0.25, 0.3) is 5.56 Å². The smallest absolute Gasteiger partial charge is 0.267 e. The summed E-state index contributed by atoms with van der Waals surface area (Å²) in [6, 6.07) is 18.0. The predicted octanol–water partition coefficient (Wildman–Crippen LogP) is 3.98. The predicted molar refractivity (Wildman–Crippen MR) is 146 cm³/mol. The molecule has 5 rings (SSSR count). The number of ether oxygens (including phenoxy) is 2. The molecule has 0 amide bonds. The molecule has 0 atom stereocenters. The van der Waals surface area contributed by atoms with E-state index in [0.717, 1.165) is 10.0 Å². The largest absolute Gasteiger partial charge is 0.493 e.